The topological polar surface area (TPSA) is 58.6 Å². The summed E-state index contributed by atoms with van der Waals surface area (Å²) in [7, 11) is 1.65. The Balaban J connectivity index is 2.51. The van der Waals surface area contributed by atoms with Crippen LogP contribution >= 0.6 is 0 Å². The maximum Gasteiger partial charge on any atom is 0.264 e. The average Bonchev–Trinajstić information content (AvgIpc) is 2.24. The minimum absolute atomic E-state index is 0.0358. The molecule has 0 fully saturated rings. The van der Waals surface area contributed by atoms with Gasteiger partial charge < -0.3 is 15.0 Å². The molecule has 0 spiro atoms. The van der Waals surface area contributed by atoms with Gasteiger partial charge in [-0.05, 0) is 12.1 Å². The summed E-state index contributed by atoms with van der Waals surface area (Å²) in [6, 6.07) is 5.23. The van der Waals surface area contributed by atoms with Crippen LogP contribution < -0.4 is 15.0 Å². The van der Waals surface area contributed by atoms with Gasteiger partial charge in [-0.2, -0.15) is 0 Å². The number of hydrogen-bond donors (Lipinski definition) is 1. The fourth-order valence-corrected chi connectivity index (χ4v) is 1.53. The Morgan fingerprint density at radius 1 is 1.53 bits per heavy atom. The SMILES string of the molecule is CN1C(=O)COc2cccc(NC=O)c21. The molecule has 1 aromatic carbocycles. The van der Waals surface area contributed by atoms with Crippen LogP contribution in [0.1, 0.15) is 0 Å². The van der Waals surface area contributed by atoms with Gasteiger partial charge in [-0.15, -0.1) is 0 Å². The molecule has 78 valence electrons. The molecule has 1 aliphatic rings. The quantitative estimate of drug-likeness (QED) is 0.721. The molecule has 0 atom stereocenters. The summed E-state index contributed by atoms with van der Waals surface area (Å²) in [5.74, 6) is 0.464. The number of fused-ring (bicyclic) bond motifs is 1. The van der Waals surface area contributed by atoms with E-state index < -0.39 is 0 Å². The summed E-state index contributed by atoms with van der Waals surface area (Å²) < 4.78 is 5.25. The van der Waals surface area contributed by atoms with Crippen LogP contribution in [-0.2, 0) is 9.59 Å². The minimum atomic E-state index is -0.136. The van der Waals surface area contributed by atoms with Crippen LogP contribution in [0.3, 0.4) is 0 Å². The zero-order valence-electron chi connectivity index (χ0n) is 8.19. The number of amides is 2. The maximum atomic E-state index is 11.4. The molecule has 2 amide bonds. The van der Waals surface area contributed by atoms with Gasteiger partial charge in [-0.3, -0.25) is 9.59 Å². The smallest absolute Gasteiger partial charge is 0.264 e. The van der Waals surface area contributed by atoms with Gasteiger partial charge in [0.2, 0.25) is 6.41 Å². The van der Waals surface area contributed by atoms with Crippen molar-refractivity contribution in [3.63, 3.8) is 0 Å². The first-order valence-electron chi connectivity index (χ1n) is 4.46. The molecule has 0 saturated heterocycles. The second-order valence-electron chi connectivity index (χ2n) is 3.16. The van der Waals surface area contributed by atoms with E-state index in [1.165, 1.54) is 4.90 Å². The number of likely N-dealkylation sites (N-methyl/N-ethyl adjacent to an activating group) is 1. The van der Waals surface area contributed by atoms with Crippen molar-refractivity contribution in [3.8, 4) is 5.75 Å². The first kappa shape index (κ1) is 9.51. The molecule has 0 bridgehead atoms. The zero-order valence-corrected chi connectivity index (χ0v) is 8.19. The number of benzene rings is 1. The number of rotatable bonds is 2. The molecule has 1 aliphatic heterocycles. The molecule has 2 rings (SSSR count). The number of anilines is 2. The molecule has 0 unspecified atom stereocenters. The van der Waals surface area contributed by atoms with Crippen molar-refractivity contribution in [2.75, 3.05) is 23.9 Å². The van der Waals surface area contributed by atoms with E-state index in [1.54, 1.807) is 25.2 Å². The predicted octanol–water partition coefficient (Wildman–Crippen LogP) is 0.610. The number of nitrogens with one attached hydrogen (secondary N) is 1. The Hall–Kier alpha value is -2.04. The van der Waals surface area contributed by atoms with Crippen molar-refractivity contribution in [1.29, 1.82) is 0 Å². The fourth-order valence-electron chi connectivity index (χ4n) is 1.53. The molecule has 0 radical (unpaired) electrons. The molecule has 5 heteroatoms. The molecule has 0 aromatic heterocycles. The predicted molar refractivity (Wildman–Crippen MR) is 55.0 cm³/mol. The van der Waals surface area contributed by atoms with Crippen LogP contribution in [-0.4, -0.2) is 26.0 Å². The number of hydrogen-bond acceptors (Lipinski definition) is 3. The van der Waals surface area contributed by atoms with Gasteiger partial charge in [0.05, 0.1) is 5.69 Å². The largest absolute Gasteiger partial charge is 0.481 e. The lowest BCUT2D eigenvalue weighted by Crippen LogP contribution is -2.35. The zero-order chi connectivity index (χ0) is 10.8. The number of nitrogens with zero attached hydrogens (tertiary/aromatic N) is 1. The van der Waals surface area contributed by atoms with E-state index in [1.807, 2.05) is 0 Å². The van der Waals surface area contributed by atoms with Gasteiger partial charge in [0.15, 0.2) is 6.61 Å². The first-order valence-corrected chi connectivity index (χ1v) is 4.46. The Morgan fingerprint density at radius 3 is 3.07 bits per heavy atom. The summed E-state index contributed by atoms with van der Waals surface area (Å²) in [6.07, 6.45) is 0.572. The van der Waals surface area contributed by atoms with Gasteiger partial charge in [-0.25, -0.2) is 0 Å². The molecule has 1 aromatic rings. The lowest BCUT2D eigenvalue weighted by Gasteiger charge is -2.27. The number of carbonyl (C=O) groups is 2. The normalized spacial score (nSPS) is 14.2. The average molecular weight is 206 g/mol. The number of carbonyl (C=O) groups excluding carboxylic acids is 2. The molecular weight excluding hydrogens is 196 g/mol. The van der Waals surface area contributed by atoms with E-state index in [2.05, 4.69) is 5.32 Å². The van der Waals surface area contributed by atoms with Crippen LogP contribution in [0.5, 0.6) is 5.75 Å². The molecule has 1 heterocycles. The van der Waals surface area contributed by atoms with Crippen molar-refractivity contribution in [1.82, 2.24) is 0 Å². The van der Waals surface area contributed by atoms with Gasteiger partial charge in [0.25, 0.3) is 5.91 Å². The van der Waals surface area contributed by atoms with E-state index in [-0.39, 0.29) is 12.5 Å². The molecular formula is C10H10N2O3. The summed E-state index contributed by atoms with van der Waals surface area (Å²) in [5.41, 5.74) is 1.17. The van der Waals surface area contributed by atoms with Crippen molar-refractivity contribution in [2.45, 2.75) is 0 Å². The van der Waals surface area contributed by atoms with E-state index >= 15 is 0 Å². The van der Waals surface area contributed by atoms with Crippen molar-refractivity contribution >= 4 is 23.7 Å². The van der Waals surface area contributed by atoms with Crippen LogP contribution in [0.15, 0.2) is 18.2 Å². The van der Waals surface area contributed by atoms with Gasteiger partial charge >= 0.3 is 0 Å². The number of para-hydroxylation sites is 1. The van der Waals surface area contributed by atoms with E-state index in [9.17, 15) is 9.59 Å². The summed E-state index contributed by atoms with van der Waals surface area (Å²) in [4.78, 5) is 23.3. The maximum absolute atomic E-state index is 11.4. The third-order valence-electron chi connectivity index (χ3n) is 2.27. The van der Waals surface area contributed by atoms with E-state index in [0.717, 1.165) is 0 Å². The highest BCUT2D eigenvalue weighted by Crippen LogP contribution is 2.37. The Labute approximate surface area is 86.6 Å². The molecule has 15 heavy (non-hydrogen) atoms. The van der Waals surface area contributed by atoms with Crippen molar-refractivity contribution in [2.24, 2.45) is 0 Å². The van der Waals surface area contributed by atoms with Crippen LogP contribution in [0.2, 0.25) is 0 Å². The standard InChI is InChI=1S/C10H10N2O3/c1-12-9(14)5-15-8-4-2-3-7(10(8)12)11-6-13/h2-4,6H,5H2,1H3,(H,11,13). The molecule has 0 aliphatic carbocycles. The minimum Gasteiger partial charge on any atom is -0.481 e. The van der Waals surface area contributed by atoms with Gasteiger partial charge in [0, 0.05) is 7.05 Å². The molecule has 1 N–H and O–H groups in total. The Bertz CT molecular complexity index is 417. The van der Waals surface area contributed by atoms with E-state index in [4.69, 9.17) is 4.74 Å². The van der Waals surface area contributed by atoms with Gasteiger partial charge in [0.1, 0.15) is 11.4 Å². The Kier molecular flexibility index (Phi) is 2.29. The van der Waals surface area contributed by atoms with Gasteiger partial charge in [-0.1, -0.05) is 6.07 Å². The Morgan fingerprint density at radius 2 is 2.33 bits per heavy atom. The lowest BCUT2D eigenvalue weighted by atomic mass is 10.2. The highest BCUT2D eigenvalue weighted by molar-refractivity contribution is 6.02. The second-order valence-corrected chi connectivity index (χ2v) is 3.16. The third kappa shape index (κ3) is 1.52. The van der Waals surface area contributed by atoms with E-state index in [0.29, 0.717) is 23.5 Å². The highest BCUT2D eigenvalue weighted by Gasteiger charge is 2.24. The summed E-state index contributed by atoms with van der Waals surface area (Å²) >= 11 is 0. The highest BCUT2D eigenvalue weighted by atomic mass is 16.5. The third-order valence-corrected chi connectivity index (χ3v) is 2.27. The number of ether oxygens (including phenoxy) is 1. The molecule has 0 saturated carbocycles. The van der Waals surface area contributed by atoms with Crippen LogP contribution in [0, 0.1) is 0 Å². The van der Waals surface area contributed by atoms with Crippen LogP contribution in [0.4, 0.5) is 11.4 Å². The summed E-state index contributed by atoms with van der Waals surface area (Å²) in [6.45, 7) is 0.0358. The van der Waals surface area contributed by atoms with Crippen molar-refractivity contribution < 1.29 is 14.3 Å². The first-order chi connectivity index (χ1) is 7.24. The monoisotopic (exact) mass is 206 g/mol. The second kappa shape index (κ2) is 3.61. The van der Waals surface area contributed by atoms with Crippen molar-refractivity contribution in [3.05, 3.63) is 18.2 Å². The molecule has 5 nitrogen and oxygen atoms in total. The fraction of sp³-hybridized carbons (Fsp3) is 0.200. The summed E-state index contributed by atoms with van der Waals surface area (Å²) in [5, 5.41) is 2.53. The lowest BCUT2D eigenvalue weighted by molar-refractivity contribution is -0.121. The van der Waals surface area contributed by atoms with Crippen LogP contribution in [0.25, 0.3) is 0 Å².